The first-order valence-corrected chi connectivity index (χ1v) is 11.0. The van der Waals surface area contributed by atoms with Crippen LogP contribution in [0.3, 0.4) is 0 Å². The summed E-state index contributed by atoms with van der Waals surface area (Å²) in [5.74, 6) is 1.57. The summed E-state index contributed by atoms with van der Waals surface area (Å²) < 4.78 is 35.3. The van der Waals surface area contributed by atoms with Gasteiger partial charge < -0.3 is 4.42 Å². The maximum atomic E-state index is 13.1. The molecule has 0 fully saturated rings. The van der Waals surface area contributed by atoms with Crippen LogP contribution in [0, 0.1) is 5.92 Å². The molecular weight excluding hydrogens is 370 g/mol. The Morgan fingerprint density at radius 1 is 1.04 bits per heavy atom. The van der Waals surface area contributed by atoms with Crippen LogP contribution in [0.2, 0.25) is 0 Å². The predicted octanol–water partition coefficient (Wildman–Crippen LogP) is 5.51. The number of sulfonamides is 1. The van der Waals surface area contributed by atoms with Gasteiger partial charge in [0.2, 0.25) is 0 Å². The number of hydrogen-bond acceptors (Lipinski definition) is 3. The fourth-order valence-corrected chi connectivity index (χ4v) is 5.29. The molecule has 5 heteroatoms. The maximum absolute atomic E-state index is 13.1. The Hall–Kier alpha value is -2.79. The van der Waals surface area contributed by atoms with Crippen LogP contribution in [-0.2, 0) is 22.9 Å². The fraction of sp³-hybridized carbons (Fsp3) is 0.217. The number of fused-ring (bicyclic) bond motifs is 4. The second kappa shape index (κ2) is 6.38. The largest absolute Gasteiger partial charge is 0.461 e. The van der Waals surface area contributed by atoms with Crippen molar-refractivity contribution < 1.29 is 12.8 Å². The van der Waals surface area contributed by atoms with Gasteiger partial charge in [-0.3, -0.25) is 4.72 Å². The van der Waals surface area contributed by atoms with Crippen molar-refractivity contribution >= 4 is 37.5 Å². The standard InChI is InChI=1S/C23H21NO3S/c1-15-11-12-19-20(13-15)27-21-14-16-7-5-6-10-18(16)23(22(19)21)24-28(25,26)17-8-3-2-4-9-17/h2-10,14-15,24H,11-13H2,1H3/t15-/m0/s1. The molecule has 4 nitrogen and oxygen atoms in total. The van der Waals surface area contributed by atoms with E-state index >= 15 is 0 Å². The Labute approximate surface area is 164 Å². The fourth-order valence-electron chi connectivity index (χ4n) is 4.17. The van der Waals surface area contributed by atoms with Crippen molar-refractivity contribution in [2.24, 2.45) is 5.92 Å². The highest BCUT2D eigenvalue weighted by Gasteiger charge is 2.26. The van der Waals surface area contributed by atoms with E-state index in [2.05, 4.69) is 11.6 Å². The molecule has 4 aromatic rings. The molecule has 0 radical (unpaired) electrons. The van der Waals surface area contributed by atoms with E-state index in [1.165, 1.54) is 0 Å². The normalized spacial score (nSPS) is 17.0. The number of rotatable bonds is 3. The van der Waals surface area contributed by atoms with Crippen LogP contribution in [0.25, 0.3) is 21.7 Å². The molecule has 1 atom stereocenters. The van der Waals surface area contributed by atoms with Gasteiger partial charge in [-0.05, 0) is 42.3 Å². The molecule has 3 aromatic carbocycles. The van der Waals surface area contributed by atoms with Gasteiger partial charge in [0.05, 0.1) is 10.6 Å². The van der Waals surface area contributed by atoms with Crippen molar-refractivity contribution in [3.63, 3.8) is 0 Å². The van der Waals surface area contributed by atoms with E-state index in [0.29, 0.717) is 11.6 Å². The Morgan fingerprint density at radius 3 is 2.61 bits per heavy atom. The molecule has 1 aromatic heterocycles. The van der Waals surface area contributed by atoms with Crippen molar-refractivity contribution in [1.29, 1.82) is 0 Å². The first-order valence-electron chi connectivity index (χ1n) is 9.57. The second-order valence-corrected chi connectivity index (χ2v) is 9.30. The number of aryl methyl sites for hydroxylation is 1. The topological polar surface area (TPSA) is 59.3 Å². The van der Waals surface area contributed by atoms with Gasteiger partial charge in [-0.1, -0.05) is 49.4 Å². The van der Waals surface area contributed by atoms with Crippen LogP contribution in [0.5, 0.6) is 0 Å². The lowest BCUT2D eigenvalue weighted by atomic mass is 9.88. The predicted molar refractivity (Wildman–Crippen MR) is 112 cm³/mol. The molecule has 0 saturated heterocycles. The second-order valence-electron chi connectivity index (χ2n) is 7.62. The van der Waals surface area contributed by atoms with Crippen molar-refractivity contribution in [1.82, 2.24) is 0 Å². The van der Waals surface area contributed by atoms with Gasteiger partial charge in [-0.25, -0.2) is 8.42 Å². The molecule has 28 heavy (non-hydrogen) atoms. The molecule has 0 amide bonds. The van der Waals surface area contributed by atoms with Gasteiger partial charge in [0.15, 0.2) is 0 Å². The zero-order chi connectivity index (χ0) is 19.3. The Morgan fingerprint density at radius 2 is 1.79 bits per heavy atom. The van der Waals surface area contributed by atoms with E-state index in [1.54, 1.807) is 24.3 Å². The van der Waals surface area contributed by atoms with Crippen molar-refractivity contribution in [2.75, 3.05) is 4.72 Å². The molecule has 0 spiro atoms. The average Bonchev–Trinajstić information content (AvgIpc) is 3.05. The van der Waals surface area contributed by atoms with Gasteiger partial charge in [-0.2, -0.15) is 0 Å². The quantitative estimate of drug-likeness (QED) is 0.501. The molecule has 142 valence electrons. The molecular formula is C23H21NO3S. The van der Waals surface area contributed by atoms with Crippen LogP contribution in [0.4, 0.5) is 5.69 Å². The van der Waals surface area contributed by atoms with E-state index in [9.17, 15) is 8.42 Å². The number of nitrogens with one attached hydrogen (secondary N) is 1. The summed E-state index contributed by atoms with van der Waals surface area (Å²) in [7, 11) is -3.70. The minimum atomic E-state index is -3.70. The zero-order valence-corrected chi connectivity index (χ0v) is 16.4. The molecule has 0 unspecified atom stereocenters. The summed E-state index contributed by atoms with van der Waals surface area (Å²) in [6.07, 6.45) is 2.88. The maximum Gasteiger partial charge on any atom is 0.261 e. The lowest BCUT2D eigenvalue weighted by Crippen LogP contribution is -2.14. The Balaban J connectivity index is 1.78. The van der Waals surface area contributed by atoms with Crippen LogP contribution in [0.1, 0.15) is 24.7 Å². The molecule has 0 saturated carbocycles. The molecule has 1 aliphatic rings. The van der Waals surface area contributed by atoms with Gasteiger partial charge in [0.1, 0.15) is 11.3 Å². The highest BCUT2D eigenvalue weighted by molar-refractivity contribution is 7.92. The number of anilines is 1. The number of benzene rings is 3. The molecule has 0 bridgehead atoms. The van der Waals surface area contributed by atoms with Crippen molar-refractivity contribution in [3.8, 4) is 0 Å². The lowest BCUT2D eigenvalue weighted by molar-refractivity contribution is 0.427. The summed E-state index contributed by atoms with van der Waals surface area (Å²) in [6, 6.07) is 18.3. The lowest BCUT2D eigenvalue weighted by Gasteiger charge is -2.18. The minimum Gasteiger partial charge on any atom is -0.461 e. The van der Waals surface area contributed by atoms with Crippen molar-refractivity contribution in [2.45, 2.75) is 31.1 Å². The summed E-state index contributed by atoms with van der Waals surface area (Å²) in [5.41, 5.74) is 2.52. The highest BCUT2D eigenvalue weighted by Crippen LogP contribution is 2.42. The zero-order valence-electron chi connectivity index (χ0n) is 15.6. The van der Waals surface area contributed by atoms with Gasteiger partial charge in [0, 0.05) is 22.8 Å². The Kier molecular flexibility index (Phi) is 3.95. The molecule has 1 N–H and O–H groups in total. The molecule has 5 rings (SSSR count). The van der Waals surface area contributed by atoms with E-state index in [4.69, 9.17) is 4.42 Å². The minimum absolute atomic E-state index is 0.252. The van der Waals surface area contributed by atoms with E-state index in [-0.39, 0.29) is 4.90 Å². The summed E-state index contributed by atoms with van der Waals surface area (Å²) in [6.45, 7) is 2.23. The van der Waals surface area contributed by atoms with Gasteiger partial charge >= 0.3 is 0 Å². The smallest absolute Gasteiger partial charge is 0.261 e. The highest BCUT2D eigenvalue weighted by atomic mass is 32.2. The SMILES string of the molecule is C[C@H]1CCc2c(oc3cc4ccccc4c(NS(=O)(=O)c4ccccc4)c23)C1. The van der Waals surface area contributed by atoms with Gasteiger partial charge in [0.25, 0.3) is 10.0 Å². The summed E-state index contributed by atoms with van der Waals surface area (Å²) >= 11 is 0. The number of furan rings is 1. The Bertz CT molecular complexity index is 1290. The van der Waals surface area contributed by atoms with Gasteiger partial charge in [-0.15, -0.1) is 0 Å². The molecule has 0 aliphatic heterocycles. The van der Waals surface area contributed by atoms with Crippen LogP contribution in [-0.4, -0.2) is 8.42 Å². The molecule has 1 heterocycles. The third kappa shape index (κ3) is 2.78. The molecule has 1 aliphatic carbocycles. The first-order chi connectivity index (χ1) is 13.5. The monoisotopic (exact) mass is 391 g/mol. The van der Waals surface area contributed by atoms with Crippen LogP contribution >= 0.6 is 0 Å². The average molecular weight is 391 g/mol. The first kappa shape index (κ1) is 17.3. The van der Waals surface area contributed by atoms with E-state index in [0.717, 1.165) is 52.3 Å². The number of hydrogen-bond donors (Lipinski definition) is 1. The third-order valence-electron chi connectivity index (χ3n) is 5.60. The summed E-state index contributed by atoms with van der Waals surface area (Å²) in [4.78, 5) is 0.252. The van der Waals surface area contributed by atoms with E-state index in [1.807, 2.05) is 36.4 Å². The van der Waals surface area contributed by atoms with Crippen LogP contribution in [0.15, 0.2) is 70.0 Å². The van der Waals surface area contributed by atoms with Crippen molar-refractivity contribution in [3.05, 3.63) is 72.0 Å². The van der Waals surface area contributed by atoms with Crippen LogP contribution < -0.4 is 4.72 Å². The van der Waals surface area contributed by atoms with E-state index < -0.39 is 10.0 Å². The third-order valence-corrected chi connectivity index (χ3v) is 6.96. The summed E-state index contributed by atoms with van der Waals surface area (Å²) in [5, 5.41) is 2.75.